The van der Waals surface area contributed by atoms with E-state index in [4.69, 9.17) is 14.5 Å². The van der Waals surface area contributed by atoms with Gasteiger partial charge < -0.3 is 19.4 Å². The number of hydrogen-bond acceptors (Lipinski definition) is 6. The Balaban J connectivity index is 1.79. The largest absolute Gasteiger partial charge is 0.347 e. The van der Waals surface area contributed by atoms with E-state index in [1.807, 2.05) is 25.1 Å². The predicted molar refractivity (Wildman–Crippen MR) is 103 cm³/mol. The van der Waals surface area contributed by atoms with Gasteiger partial charge in [0.1, 0.15) is 5.82 Å². The van der Waals surface area contributed by atoms with E-state index in [0.717, 1.165) is 5.56 Å². The van der Waals surface area contributed by atoms with Gasteiger partial charge >= 0.3 is 0 Å². The van der Waals surface area contributed by atoms with E-state index in [1.165, 1.54) is 12.1 Å². The number of aromatic nitrogens is 4. The van der Waals surface area contributed by atoms with Crippen LogP contribution in [0, 0.1) is 11.7 Å². The lowest BCUT2D eigenvalue weighted by Crippen LogP contribution is -2.25. The quantitative estimate of drug-likeness (QED) is 0.744. The maximum atomic E-state index is 13.4. The number of benzene rings is 1. The van der Waals surface area contributed by atoms with Crippen LogP contribution in [0.4, 0.5) is 10.3 Å². The fraction of sp³-hybridized carbons (Fsp3) is 0.350. The molecule has 28 heavy (non-hydrogen) atoms. The normalized spacial score (nSPS) is 19.6. The van der Waals surface area contributed by atoms with E-state index in [2.05, 4.69) is 21.9 Å². The Kier molecular flexibility index (Phi) is 5.06. The smallest absolute Gasteiger partial charge is 0.225 e. The van der Waals surface area contributed by atoms with E-state index < -0.39 is 6.29 Å². The molecule has 1 aromatic carbocycles. The molecule has 0 aliphatic carbocycles. The van der Waals surface area contributed by atoms with Crippen LogP contribution in [0.25, 0.3) is 22.6 Å². The minimum atomic E-state index is -0.570. The van der Waals surface area contributed by atoms with Gasteiger partial charge in [-0.15, -0.1) is 0 Å². The molecule has 1 aliphatic heterocycles. The molecule has 1 fully saturated rings. The molecule has 0 saturated carbocycles. The van der Waals surface area contributed by atoms with Crippen molar-refractivity contribution in [1.82, 2.24) is 19.9 Å². The number of rotatable bonds is 4. The molecule has 0 amide bonds. The number of H-pyrrole nitrogens is 1. The molecule has 2 aromatic heterocycles. The van der Waals surface area contributed by atoms with Crippen LogP contribution in [0.1, 0.15) is 19.0 Å². The van der Waals surface area contributed by atoms with Gasteiger partial charge in [0.2, 0.25) is 12.2 Å². The highest BCUT2D eigenvalue weighted by Crippen LogP contribution is 2.33. The summed E-state index contributed by atoms with van der Waals surface area (Å²) < 4.78 is 25.0. The van der Waals surface area contributed by atoms with Gasteiger partial charge in [-0.25, -0.2) is 19.3 Å². The Morgan fingerprint density at radius 1 is 1.07 bits per heavy atom. The van der Waals surface area contributed by atoms with Crippen molar-refractivity contribution in [2.45, 2.75) is 13.2 Å². The molecule has 7 nitrogen and oxygen atoms in total. The Labute approximate surface area is 162 Å². The number of nitrogens with one attached hydrogen (secondary N) is 1. The van der Waals surface area contributed by atoms with Gasteiger partial charge in [0.15, 0.2) is 5.82 Å². The average Bonchev–Trinajstić information content (AvgIpc) is 3.14. The minimum Gasteiger partial charge on any atom is -0.347 e. The molecule has 1 N–H and O–H groups in total. The van der Waals surface area contributed by atoms with Crippen molar-refractivity contribution in [3.8, 4) is 22.6 Å². The molecular formula is C20H22FN5O2. The second kappa shape index (κ2) is 7.65. The summed E-state index contributed by atoms with van der Waals surface area (Å²) in [4.78, 5) is 18.7. The average molecular weight is 383 g/mol. The number of hydrogen-bond donors (Lipinski definition) is 1. The topological polar surface area (TPSA) is 76.2 Å². The molecule has 0 unspecified atom stereocenters. The van der Waals surface area contributed by atoms with E-state index >= 15 is 0 Å². The van der Waals surface area contributed by atoms with Crippen LogP contribution in [-0.4, -0.2) is 47.2 Å². The van der Waals surface area contributed by atoms with Gasteiger partial charge in [-0.2, -0.15) is 0 Å². The van der Waals surface area contributed by atoms with Crippen molar-refractivity contribution in [3.63, 3.8) is 0 Å². The number of anilines is 1. The third-order valence-corrected chi connectivity index (χ3v) is 4.43. The summed E-state index contributed by atoms with van der Waals surface area (Å²) in [5, 5.41) is 0. The van der Waals surface area contributed by atoms with Gasteiger partial charge in [0, 0.05) is 31.8 Å². The first kappa shape index (κ1) is 18.5. The molecule has 0 radical (unpaired) electrons. The van der Waals surface area contributed by atoms with Gasteiger partial charge in [0.25, 0.3) is 0 Å². The lowest BCUT2D eigenvalue weighted by Gasteiger charge is -2.25. The summed E-state index contributed by atoms with van der Waals surface area (Å²) >= 11 is 0. The fourth-order valence-electron chi connectivity index (χ4n) is 2.97. The predicted octanol–water partition coefficient (Wildman–Crippen LogP) is 3.42. The Bertz CT molecular complexity index is 949. The Morgan fingerprint density at radius 3 is 2.46 bits per heavy atom. The van der Waals surface area contributed by atoms with Gasteiger partial charge in [-0.05, 0) is 30.3 Å². The highest BCUT2D eigenvalue weighted by molar-refractivity contribution is 5.77. The molecule has 1 aliphatic rings. The van der Waals surface area contributed by atoms with Gasteiger partial charge in [-0.1, -0.05) is 6.92 Å². The summed E-state index contributed by atoms with van der Waals surface area (Å²) in [5.41, 5.74) is 2.82. The van der Waals surface area contributed by atoms with Crippen LogP contribution in [0.3, 0.4) is 0 Å². The molecule has 0 bridgehead atoms. The van der Waals surface area contributed by atoms with Gasteiger partial charge in [-0.3, -0.25) is 0 Å². The van der Waals surface area contributed by atoms with Crippen LogP contribution in [0.5, 0.6) is 0 Å². The highest BCUT2D eigenvalue weighted by atomic mass is 19.1. The molecule has 146 valence electrons. The van der Waals surface area contributed by atoms with Crippen LogP contribution >= 0.6 is 0 Å². The van der Waals surface area contributed by atoms with Crippen molar-refractivity contribution < 1.29 is 13.9 Å². The molecule has 4 rings (SSSR count). The second-order valence-electron chi connectivity index (χ2n) is 7.09. The van der Waals surface area contributed by atoms with Crippen molar-refractivity contribution in [2.24, 2.45) is 5.92 Å². The first-order valence-electron chi connectivity index (χ1n) is 9.11. The minimum absolute atomic E-state index is 0.300. The molecule has 3 heterocycles. The monoisotopic (exact) mass is 383 g/mol. The molecule has 3 aromatic rings. The second-order valence-corrected chi connectivity index (χ2v) is 7.09. The first-order valence-corrected chi connectivity index (χ1v) is 9.11. The Hall–Kier alpha value is -2.84. The summed E-state index contributed by atoms with van der Waals surface area (Å²) in [6, 6.07) is 8.01. The van der Waals surface area contributed by atoms with Crippen molar-refractivity contribution >= 4 is 5.95 Å². The standard InChI is InChI=1S/C20H22FN5O2/c1-12-10-27-19(28-11-12)18-24-16(13-4-6-14(21)7-5-13)17(25-18)15-8-9-22-20(23-15)26(2)3/h4-9,12,19H,10-11H2,1-3H3,(H,24,25). The first-order chi connectivity index (χ1) is 13.5. The fourth-order valence-corrected chi connectivity index (χ4v) is 2.97. The third-order valence-electron chi connectivity index (χ3n) is 4.43. The molecular weight excluding hydrogens is 361 g/mol. The molecule has 8 heteroatoms. The zero-order valence-electron chi connectivity index (χ0n) is 16.0. The summed E-state index contributed by atoms with van der Waals surface area (Å²) in [6.45, 7) is 3.27. The molecule has 0 atom stereocenters. The number of ether oxygens (including phenoxy) is 2. The zero-order chi connectivity index (χ0) is 19.7. The van der Waals surface area contributed by atoms with Crippen LogP contribution in [0.15, 0.2) is 36.5 Å². The highest BCUT2D eigenvalue weighted by Gasteiger charge is 2.26. The lowest BCUT2D eigenvalue weighted by molar-refractivity contribution is -0.205. The van der Waals surface area contributed by atoms with Crippen molar-refractivity contribution in [1.29, 1.82) is 0 Å². The van der Waals surface area contributed by atoms with Crippen LogP contribution in [-0.2, 0) is 9.47 Å². The van der Waals surface area contributed by atoms with E-state index in [1.54, 1.807) is 18.3 Å². The number of imidazole rings is 1. The van der Waals surface area contributed by atoms with E-state index in [-0.39, 0.29) is 5.82 Å². The summed E-state index contributed by atoms with van der Waals surface area (Å²) in [6.07, 6.45) is 1.13. The van der Waals surface area contributed by atoms with E-state index in [0.29, 0.717) is 48.0 Å². The summed E-state index contributed by atoms with van der Waals surface area (Å²) in [5.74, 6) is 1.18. The van der Waals surface area contributed by atoms with E-state index in [9.17, 15) is 4.39 Å². The molecule has 0 spiro atoms. The van der Waals surface area contributed by atoms with Crippen LogP contribution < -0.4 is 4.90 Å². The maximum absolute atomic E-state index is 13.4. The number of nitrogens with zero attached hydrogens (tertiary/aromatic N) is 4. The molecule has 1 saturated heterocycles. The summed E-state index contributed by atoms with van der Waals surface area (Å²) in [7, 11) is 3.76. The van der Waals surface area contributed by atoms with Crippen molar-refractivity contribution in [2.75, 3.05) is 32.2 Å². The zero-order valence-corrected chi connectivity index (χ0v) is 16.0. The van der Waals surface area contributed by atoms with Crippen molar-refractivity contribution in [3.05, 3.63) is 48.2 Å². The third kappa shape index (κ3) is 3.74. The number of halogens is 1. The maximum Gasteiger partial charge on any atom is 0.225 e. The van der Waals surface area contributed by atoms with Crippen LogP contribution in [0.2, 0.25) is 0 Å². The SMILES string of the molecule is CC1COC(c2nc(-c3ccc(F)cc3)c(-c3ccnc(N(C)C)n3)[nH]2)OC1. The Morgan fingerprint density at radius 2 is 1.79 bits per heavy atom. The van der Waals surface area contributed by atoms with Gasteiger partial charge in [0.05, 0.1) is 30.3 Å². The lowest BCUT2D eigenvalue weighted by atomic mass is 10.1. The number of aromatic amines is 1.